The Labute approximate surface area is 122 Å². The van der Waals surface area contributed by atoms with E-state index in [1.54, 1.807) is 4.90 Å². The van der Waals surface area contributed by atoms with Crippen LogP contribution in [-0.4, -0.2) is 48.1 Å². The van der Waals surface area contributed by atoms with Gasteiger partial charge in [-0.2, -0.15) is 0 Å². The van der Waals surface area contributed by atoms with E-state index in [2.05, 4.69) is 5.32 Å². The van der Waals surface area contributed by atoms with Gasteiger partial charge in [0.15, 0.2) is 0 Å². The first kappa shape index (κ1) is 17.0. The van der Waals surface area contributed by atoms with Crippen molar-refractivity contribution in [1.29, 1.82) is 0 Å². The fourth-order valence-electron chi connectivity index (χ4n) is 2.52. The molecule has 1 saturated heterocycles. The van der Waals surface area contributed by atoms with E-state index in [1.165, 1.54) is 0 Å². The Kier molecular flexibility index (Phi) is 6.99. The Morgan fingerprint density at radius 1 is 1.20 bits per heavy atom. The monoisotopic (exact) mass is 284 g/mol. The minimum Gasteiger partial charge on any atom is -0.377 e. The Morgan fingerprint density at radius 3 is 2.40 bits per heavy atom. The maximum atomic E-state index is 12.5. The maximum Gasteiger partial charge on any atom is 0.245 e. The number of nitrogens with one attached hydrogen (secondary N) is 1. The minimum atomic E-state index is -0.361. The van der Waals surface area contributed by atoms with Gasteiger partial charge in [0.1, 0.15) is 12.1 Å². The third kappa shape index (κ3) is 4.47. The summed E-state index contributed by atoms with van der Waals surface area (Å²) in [5, 5.41) is 2.86. The number of carbonyl (C=O) groups is 2. The van der Waals surface area contributed by atoms with Crippen LogP contribution in [0.2, 0.25) is 0 Å². The summed E-state index contributed by atoms with van der Waals surface area (Å²) in [4.78, 5) is 26.4. The highest BCUT2D eigenvalue weighted by atomic mass is 16.5. The summed E-state index contributed by atoms with van der Waals surface area (Å²) in [5.41, 5.74) is 0. The van der Waals surface area contributed by atoms with Crippen LogP contribution in [0, 0.1) is 0 Å². The van der Waals surface area contributed by atoms with Crippen LogP contribution in [0.1, 0.15) is 53.4 Å². The highest BCUT2D eigenvalue weighted by Crippen LogP contribution is 2.17. The molecule has 0 saturated carbocycles. The molecule has 5 nitrogen and oxygen atoms in total. The number of hydrogen-bond acceptors (Lipinski definition) is 3. The van der Waals surface area contributed by atoms with Gasteiger partial charge in [0.25, 0.3) is 0 Å². The first-order chi connectivity index (χ1) is 9.51. The molecule has 0 aromatic heterocycles. The number of amides is 2. The average Bonchev–Trinajstić information content (AvgIpc) is 2.38. The molecule has 1 fully saturated rings. The fourth-order valence-corrected chi connectivity index (χ4v) is 2.52. The second-order valence-corrected chi connectivity index (χ2v) is 5.61. The molecule has 1 aliphatic heterocycles. The topological polar surface area (TPSA) is 58.6 Å². The molecular formula is C15H28N2O3. The molecule has 2 atom stereocenters. The van der Waals surface area contributed by atoms with Crippen LogP contribution in [0.15, 0.2) is 0 Å². The maximum absolute atomic E-state index is 12.5. The molecule has 0 aromatic rings. The normalized spacial score (nSPS) is 23.4. The molecule has 1 N–H and O–H groups in total. The van der Waals surface area contributed by atoms with Gasteiger partial charge in [0.2, 0.25) is 11.8 Å². The van der Waals surface area contributed by atoms with Crippen LogP contribution in [-0.2, 0) is 14.3 Å². The summed E-state index contributed by atoms with van der Waals surface area (Å²) in [5.74, 6) is 0.0201. The van der Waals surface area contributed by atoms with E-state index in [0.717, 1.165) is 12.8 Å². The van der Waals surface area contributed by atoms with Gasteiger partial charge in [0, 0.05) is 6.54 Å². The Hall–Kier alpha value is -1.10. The molecule has 0 aromatic carbocycles. The molecule has 20 heavy (non-hydrogen) atoms. The van der Waals surface area contributed by atoms with Gasteiger partial charge in [-0.15, -0.1) is 0 Å². The molecule has 1 aliphatic rings. The van der Waals surface area contributed by atoms with Gasteiger partial charge in [0.05, 0.1) is 12.7 Å². The summed E-state index contributed by atoms with van der Waals surface area (Å²) >= 11 is 0. The number of rotatable bonds is 8. The number of nitrogens with zero attached hydrogens (tertiary/aromatic N) is 1. The van der Waals surface area contributed by atoms with Crippen molar-refractivity contribution in [2.75, 3.05) is 13.2 Å². The number of hydrogen-bond donors (Lipinski definition) is 1. The van der Waals surface area contributed by atoms with E-state index in [-0.39, 0.29) is 30.0 Å². The van der Waals surface area contributed by atoms with E-state index in [0.29, 0.717) is 26.0 Å². The second-order valence-electron chi connectivity index (χ2n) is 5.61. The summed E-state index contributed by atoms with van der Waals surface area (Å²) in [6.45, 7) is 8.95. The molecule has 2 unspecified atom stereocenters. The number of ether oxygens (including phenoxy) is 1. The first-order valence-corrected chi connectivity index (χ1v) is 7.73. The zero-order valence-corrected chi connectivity index (χ0v) is 13.1. The van der Waals surface area contributed by atoms with Crippen LogP contribution in [0.3, 0.4) is 0 Å². The SMILES string of the molecule is CCCC1NC(=O)C(CCC)N(CCOC(C)C)C1=O. The zero-order chi connectivity index (χ0) is 15.1. The van der Waals surface area contributed by atoms with Gasteiger partial charge >= 0.3 is 0 Å². The quantitative estimate of drug-likeness (QED) is 0.738. The van der Waals surface area contributed by atoms with Crippen LogP contribution < -0.4 is 5.32 Å². The summed E-state index contributed by atoms with van der Waals surface area (Å²) < 4.78 is 5.52. The van der Waals surface area contributed by atoms with E-state index in [4.69, 9.17) is 4.74 Å². The van der Waals surface area contributed by atoms with Crippen molar-refractivity contribution in [3.63, 3.8) is 0 Å². The summed E-state index contributed by atoms with van der Waals surface area (Å²) in [6.07, 6.45) is 3.31. The average molecular weight is 284 g/mol. The molecule has 0 radical (unpaired) electrons. The molecule has 1 rings (SSSR count). The van der Waals surface area contributed by atoms with Crippen molar-refractivity contribution in [2.45, 2.75) is 71.6 Å². The molecule has 0 aliphatic carbocycles. The van der Waals surface area contributed by atoms with E-state index in [1.807, 2.05) is 27.7 Å². The Balaban J connectivity index is 2.73. The van der Waals surface area contributed by atoms with Crippen LogP contribution in [0.5, 0.6) is 0 Å². The van der Waals surface area contributed by atoms with Crippen LogP contribution >= 0.6 is 0 Å². The van der Waals surface area contributed by atoms with E-state index in [9.17, 15) is 9.59 Å². The lowest BCUT2D eigenvalue weighted by Crippen LogP contribution is -2.63. The van der Waals surface area contributed by atoms with Crippen LogP contribution in [0.4, 0.5) is 0 Å². The molecular weight excluding hydrogens is 256 g/mol. The molecule has 1 heterocycles. The first-order valence-electron chi connectivity index (χ1n) is 7.73. The standard InChI is InChI=1S/C15H28N2O3/c1-5-7-12-15(19)17(9-10-20-11(3)4)13(8-6-2)14(18)16-12/h11-13H,5-10H2,1-4H3,(H,16,18). The predicted molar refractivity (Wildman–Crippen MR) is 78.3 cm³/mol. The van der Waals surface area contributed by atoms with Gasteiger partial charge in [-0.1, -0.05) is 26.7 Å². The van der Waals surface area contributed by atoms with Crippen molar-refractivity contribution in [1.82, 2.24) is 10.2 Å². The summed E-state index contributed by atoms with van der Waals surface area (Å²) in [6, 6.07) is -0.698. The zero-order valence-electron chi connectivity index (χ0n) is 13.1. The van der Waals surface area contributed by atoms with Crippen molar-refractivity contribution in [3.8, 4) is 0 Å². The van der Waals surface area contributed by atoms with Crippen molar-refractivity contribution in [3.05, 3.63) is 0 Å². The van der Waals surface area contributed by atoms with Crippen molar-refractivity contribution in [2.24, 2.45) is 0 Å². The largest absolute Gasteiger partial charge is 0.377 e. The Morgan fingerprint density at radius 2 is 1.85 bits per heavy atom. The highest BCUT2D eigenvalue weighted by Gasteiger charge is 2.39. The molecule has 0 spiro atoms. The minimum absolute atomic E-state index is 0.0190. The van der Waals surface area contributed by atoms with Crippen molar-refractivity contribution >= 4 is 11.8 Å². The molecule has 0 bridgehead atoms. The lowest BCUT2D eigenvalue weighted by Gasteiger charge is -2.39. The summed E-state index contributed by atoms with van der Waals surface area (Å²) in [7, 11) is 0. The molecule has 116 valence electrons. The predicted octanol–water partition coefficient (Wildman–Crippen LogP) is 1.71. The molecule has 5 heteroatoms. The number of piperazine rings is 1. The Bertz CT molecular complexity index is 331. The van der Waals surface area contributed by atoms with Crippen molar-refractivity contribution < 1.29 is 14.3 Å². The van der Waals surface area contributed by atoms with Gasteiger partial charge in [-0.05, 0) is 26.7 Å². The third-order valence-corrected chi connectivity index (χ3v) is 3.50. The second kappa shape index (κ2) is 8.25. The molecule has 2 amide bonds. The smallest absolute Gasteiger partial charge is 0.245 e. The van der Waals surface area contributed by atoms with Gasteiger partial charge in [-0.25, -0.2) is 0 Å². The highest BCUT2D eigenvalue weighted by molar-refractivity contribution is 5.96. The van der Waals surface area contributed by atoms with E-state index < -0.39 is 0 Å². The third-order valence-electron chi connectivity index (χ3n) is 3.50. The number of carbonyl (C=O) groups excluding carboxylic acids is 2. The van der Waals surface area contributed by atoms with E-state index >= 15 is 0 Å². The fraction of sp³-hybridized carbons (Fsp3) is 0.867. The van der Waals surface area contributed by atoms with Crippen LogP contribution in [0.25, 0.3) is 0 Å². The lowest BCUT2D eigenvalue weighted by molar-refractivity contribution is -0.150. The van der Waals surface area contributed by atoms with Gasteiger partial charge in [-0.3, -0.25) is 9.59 Å². The lowest BCUT2D eigenvalue weighted by atomic mass is 10.0. The van der Waals surface area contributed by atoms with Gasteiger partial charge < -0.3 is 15.0 Å².